The van der Waals surface area contributed by atoms with Crippen molar-refractivity contribution >= 4 is 24.3 Å². The standard InChI is InChI=1S/C11H22N4O2.ClH/c1-4-13-11(17)14-10(16)9(3)15-6-5-12-7-8(15)2;/h8-9,12H,4-7H2,1-3H3,(H2,13,14,16,17);1H. The zero-order chi connectivity index (χ0) is 12.8. The summed E-state index contributed by atoms with van der Waals surface area (Å²) in [6, 6.07) is -0.402. The number of nitrogens with one attached hydrogen (secondary N) is 3. The number of halogens is 1. The van der Waals surface area contributed by atoms with Crippen molar-refractivity contribution in [3.8, 4) is 0 Å². The summed E-state index contributed by atoms with van der Waals surface area (Å²) in [6.07, 6.45) is 0. The van der Waals surface area contributed by atoms with Gasteiger partial charge < -0.3 is 10.6 Å². The van der Waals surface area contributed by atoms with Gasteiger partial charge in [0.05, 0.1) is 6.04 Å². The minimum Gasteiger partial charge on any atom is -0.338 e. The summed E-state index contributed by atoms with van der Waals surface area (Å²) >= 11 is 0. The summed E-state index contributed by atoms with van der Waals surface area (Å²) in [5.74, 6) is -0.246. The third kappa shape index (κ3) is 4.80. The maximum absolute atomic E-state index is 11.8. The summed E-state index contributed by atoms with van der Waals surface area (Å²) in [4.78, 5) is 25.2. The second-order valence-electron chi connectivity index (χ2n) is 4.32. The molecule has 18 heavy (non-hydrogen) atoms. The molecule has 0 aromatic carbocycles. The van der Waals surface area contributed by atoms with Gasteiger partial charge in [-0.15, -0.1) is 12.4 Å². The lowest BCUT2D eigenvalue weighted by atomic mass is 10.1. The van der Waals surface area contributed by atoms with E-state index in [9.17, 15) is 9.59 Å². The fraction of sp³-hybridized carbons (Fsp3) is 0.818. The number of carbonyl (C=O) groups is 2. The molecule has 2 unspecified atom stereocenters. The van der Waals surface area contributed by atoms with Crippen LogP contribution in [-0.2, 0) is 4.79 Å². The first-order chi connectivity index (χ1) is 8.06. The van der Waals surface area contributed by atoms with Crippen LogP contribution in [0.1, 0.15) is 20.8 Å². The van der Waals surface area contributed by atoms with Crippen molar-refractivity contribution in [2.24, 2.45) is 0 Å². The second kappa shape index (κ2) is 8.29. The smallest absolute Gasteiger partial charge is 0.321 e. The molecular formula is C11H23ClN4O2. The van der Waals surface area contributed by atoms with Crippen LogP contribution >= 0.6 is 12.4 Å². The van der Waals surface area contributed by atoms with Crippen molar-refractivity contribution in [2.45, 2.75) is 32.9 Å². The van der Waals surface area contributed by atoms with Crippen molar-refractivity contribution in [3.63, 3.8) is 0 Å². The average Bonchev–Trinajstić information content (AvgIpc) is 2.29. The Morgan fingerprint density at radius 1 is 1.50 bits per heavy atom. The maximum Gasteiger partial charge on any atom is 0.321 e. The molecule has 0 aromatic heterocycles. The van der Waals surface area contributed by atoms with Crippen LogP contribution < -0.4 is 16.0 Å². The highest BCUT2D eigenvalue weighted by Gasteiger charge is 2.28. The van der Waals surface area contributed by atoms with Crippen LogP contribution in [0.4, 0.5) is 4.79 Å². The normalized spacial score (nSPS) is 21.6. The third-order valence-corrected chi connectivity index (χ3v) is 3.00. The molecule has 1 rings (SSSR count). The van der Waals surface area contributed by atoms with Crippen LogP contribution in [0.15, 0.2) is 0 Å². The fourth-order valence-electron chi connectivity index (χ4n) is 2.00. The lowest BCUT2D eigenvalue weighted by molar-refractivity contribution is -0.125. The third-order valence-electron chi connectivity index (χ3n) is 3.00. The van der Waals surface area contributed by atoms with E-state index < -0.39 is 6.03 Å². The number of piperazine rings is 1. The summed E-state index contributed by atoms with van der Waals surface area (Å²) in [5.41, 5.74) is 0. The molecule has 1 saturated heterocycles. The molecule has 106 valence electrons. The number of hydrogen-bond acceptors (Lipinski definition) is 4. The van der Waals surface area contributed by atoms with Crippen molar-refractivity contribution in [1.29, 1.82) is 0 Å². The predicted octanol–water partition coefficient (Wildman–Crippen LogP) is -0.0639. The highest BCUT2D eigenvalue weighted by molar-refractivity contribution is 5.96. The molecule has 0 spiro atoms. The Morgan fingerprint density at radius 3 is 2.72 bits per heavy atom. The van der Waals surface area contributed by atoms with Gasteiger partial charge in [-0.2, -0.15) is 0 Å². The largest absolute Gasteiger partial charge is 0.338 e. The first-order valence-corrected chi connectivity index (χ1v) is 6.11. The van der Waals surface area contributed by atoms with E-state index in [2.05, 4.69) is 27.8 Å². The molecule has 0 radical (unpaired) electrons. The first kappa shape index (κ1) is 17.2. The van der Waals surface area contributed by atoms with Crippen LogP contribution in [0.5, 0.6) is 0 Å². The van der Waals surface area contributed by atoms with Gasteiger partial charge in [-0.3, -0.25) is 15.0 Å². The Balaban J connectivity index is 0.00000289. The average molecular weight is 279 g/mol. The van der Waals surface area contributed by atoms with Gasteiger partial charge in [-0.05, 0) is 20.8 Å². The molecule has 0 bridgehead atoms. The van der Waals surface area contributed by atoms with E-state index in [1.807, 2.05) is 13.8 Å². The van der Waals surface area contributed by atoms with E-state index in [1.165, 1.54) is 0 Å². The number of imide groups is 1. The van der Waals surface area contributed by atoms with Gasteiger partial charge in [-0.25, -0.2) is 4.79 Å². The van der Waals surface area contributed by atoms with E-state index in [1.54, 1.807) is 0 Å². The Hall–Kier alpha value is -0.850. The maximum atomic E-state index is 11.8. The van der Waals surface area contributed by atoms with Gasteiger partial charge in [0, 0.05) is 32.2 Å². The van der Waals surface area contributed by atoms with Crippen LogP contribution in [0, 0.1) is 0 Å². The highest BCUT2D eigenvalue weighted by Crippen LogP contribution is 2.07. The van der Waals surface area contributed by atoms with Crippen molar-refractivity contribution in [3.05, 3.63) is 0 Å². The van der Waals surface area contributed by atoms with Crippen molar-refractivity contribution in [2.75, 3.05) is 26.2 Å². The van der Waals surface area contributed by atoms with E-state index in [4.69, 9.17) is 0 Å². The summed E-state index contributed by atoms with van der Waals surface area (Å²) < 4.78 is 0. The highest BCUT2D eigenvalue weighted by atomic mass is 35.5. The molecule has 1 heterocycles. The Kier molecular flexibility index (Phi) is 7.90. The number of hydrogen-bond donors (Lipinski definition) is 3. The van der Waals surface area contributed by atoms with E-state index in [-0.39, 0.29) is 24.4 Å². The zero-order valence-corrected chi connectivity index (χ0v) is 12.0. The lowest BCUT2D eigenvalue weighted by Gasteiger charge is -2.37. The van der Waals surface area contributed by atoms with Crippen LogP contribution in [-0.4, -0.2) is 55.1 Å². The molecule has 6 nitrogen and oxygen atoms in total. The van der Waals surface area contributed by atoms with Crippen molar-refractivity contribution in [1.82, 2.24) is 20.9 Å². The molecule has 7 heteroatoms. The van der Waals surface area contributed by atoms with Gasteiger partial charge in [-0.1, -0.05) is 0 Å². The van der Waals surface area contributed by atoms with Crippen LogP contribution in [0.2, 0.25) is 0 Å². The molecule has 0 saturated carbocycles. The SMILES string of the molecule is CCNC(=O)NC(=O)C(C)N1CCNCC1C.Cl. The monoisotopic (exact) mass is 278 g/mol. The Bertz CT molecular complexity index is 288. The quantitative estimate of drug-likeness (QED) is 0.676. The molecule has 0 aliphatic carbocycles. The Morgan fingerprint density at radius 2 is 2.17 bits per heavy atom. The number of rotatable bonds is 3. The molecule has 1 aliphatic rings. The molecule has 1 fully saturated rings. The molecule has 3 N–H and O–H groups in total. The molecule has 1 aliphatic heterocycles. The fourth-order valence-corrected chi connectivity index (χ4v) is 2.00. The van der Waals surface area contributed by atoms with Crippen LogP contribution in [0.25, 0.3) is 0 Å². The molecule has 2 atom stereocenters. The van der Waals surface area contributed by atoms with E-state index in [0.29, 0.717) is 12.6 Å². The van der Waals surface area contributed by atoms with Gasteiger partial charge in [0.2, 0.25) is 5.91 Å². The Labute approximate surface area is 114 Å². The summed E-state index contributed by atoms with van der Waals surface area (Å²) in [6.45, 7) is 8.80. The molecular weight excluding hydrogens is 256 g/mol. The number of nitrogens with zero attached hydrogens (tertiary/aromatic N) is 1. The molecule has 3 amide bonds. The molecule has 0 aromatic rings. The van der Waals surface area contributed by atoms with Gasteiger partial charge >= 0.3 is 6.03 Å². The number of amides is 3. The second-order valence-corrected chi connectivity index (χ2v) is 4.32. The summed E-state index contributed by atoms with van der Waals surface area (Å²) in [7, 11) is 0. The van der Waals surface area contributed by atoms with Gasteiger partial charge in [0.15, 0.2) is 0 Å². The minimum atomic E-state index is -0.424. The van der Waals surface area contributed by atoms with Crippen LogP contribution in [0.3, 0.4) is 0 Å². The predicted molar refractivity (Wildman–Crippen MR) is 73.0 cm³/mol. The topological polar surface area (TPSA) is 73.5 Å². The lowest BCUT2D eigenvalue weighted by Crippen LogP contribution is -2.58. The minimum absolute atomic E-state index is 0. The van der Waals surface area contributed by atoms with Gasteiger partial charge in [0.25, 0.3) is 0 Å². The van der Waals surface area contributed by atoms with E-state index >= 15 is 0 Å². The number of carbonyl (C=O) groups excluding carboxylic acids is 2. The van der Waals surface area contributed by atoms with Crippen molar-refractivity contribution < 1.29 is 9.59 Å². The van der Waals surface area contributed by atoms with E-state index in [0.717, 1.165) is 19.6 Å². The summed E-state index contributed by atoms with van der Waals surface area (Å²) in [5, 5.41) is 8.16. The number of urea groups is 1. The zero-order valence-electron chi connectivity index (χ0n) is 11.2. The van der Waals surface area contributed by atoms with Gasteiger partial charge in [0.1, 0.15) is 0 Å². The first-order valence-electron chi connectivity index (χ1n) is 6.11.